The fourth-order valence-corrected chi connectivity index (χ4v) is 5.78. The highest BCUT2D eigenvalue weighted by molar-refractivity contribution is 7.89. The molecule has 4 rings (SSSR count). The molecule has 2 aromatic carbocycles. The largest absolute Gasteiger partial charge is 0.450 e. The van der Waals surface area contributed by atoms with Crippen molar-refractivity contribution >= 4 is 44.8 Å². The van der Waals surface area contributed by atoms with Gasteiger partial charge in [0.15, 0.2) is 0 Å². The third-order valence-electron chi connectivity index (χ3n) is 5.53. The summed E-state index contributed by atoms with van der Waals surface area (Å²) < 4.78 is 42.5. The lowest BCUT2D eigenvalue weighted by atomic mass is 10.1. The summed E-state index contributed by atoms with van der Waals surface area (Å²) in [5.41, 5.74) is 1.57. The van der Waals surface area contributed by atoms with Crippen LogP contribution < -0.4 is 4.72 Å². The monoisotopic (exact) mass is 503 g/mol. The summed E-state index contributed by atoms with van der Waals surface area (Å²) in [4.78, 5) is 28.5. The zero-order valence-electron chi connectivity index (χ0n) is 18.6. The highest BCUT2D eigenvalue weighted by Gasteiger charge is 2.33. The van der Waals surface area contributed by atoms with Gasteiger partial charge in [-0.2, -0.15) is 13.5 Å². The lowest BCUT2D eigenvalue weighted by molar-refractivity contribution is -0.134. The van der Waals surface area contributed by atoms with E-state index in [9.17, 15) is 18.0 Å². The van der Waals surface area contributed by atoms with Gasteiger partial charge in [0.1, 0.15) is 22.0 Å². The lowest BCUT2D eigenvalue weighted by Gasteiger charge is -2.36. The molecule has 1 N–H and O–H groups in total. The van der Waals surface area contributed by atoms with Crippen LogP contribution in [-0.4, -0.2) is 77.8 Å². The van der Waals surface area contributed by atoms with E-state index in [1.807, 2.05) is 30.3 Å². The summed E-state index contributed by atoms with van der Waals surface area (Å²) in [7, 11) is -4.07. The van der Waals surface area contributed by atoms with Crippen LogP contribution in [-0.2, 0) is 26.0 Å². The molecule has 1 aromatic heterocycles. The SMILES string of the molecule is CCOC(=O)N1CCN(C(=O)[C@H](Cc2ccccc2)NS(=O)(=O)c2cccc3nsnc23)CC1. The van der Waals surface area contributed by atoms with Gasteiger partial charge in [0.25, 0.3) is 0 Å². The average Bonchev–Trinajstić information content (AvgIpc) is 3.33. The van der Waals surface area contributed by atoms with E-state index in [1.165, 1.54) is 6.07 Å². The molecule has 1 aliphatic rings. The Labute approximate surface area is 201 Å². The molecule has 12 heteroatoms. The van der Waals surface area contributed by atoms with Crippen molar-refractivity contribution in [3.8, 4) is 0 Å². The molecule has 180 valence electrons. The molecule has 0 radical (unpaired) electrons. The van der Waals surface area contributed by atoms with E-state index in [4.69, 9.17) is 4.74 Å². The van der Waals surface area contributed by atoms with E-state index in [-0.39, 0.29) is 42.4 Å². The van der Waals surface area contributed by atoms with Crippen LogP contribution in [0.5, 0.6) is 0 Å². The van der Waals surface area contributed by atoms with Crippen LogP contribution in [0.2, 0.25) is 0 Å². The van der Waals surface area contributed by atoms with Crippen molar-refractivity contribution in [2.24, 2.45) is 0 Å². The minimum atomic E-state index is -4.07. The van der Waals surface area contributed by atoms with Crippen molar-refractivity contribution in [3.05, 3.63) is 54.1 Å². The Bertz CT molecular complexity index is 1260. The van der Waals surface area contributed by atoms with Crippen LogP contribution >= 0.6 is 11.7 Å². The average molecular weight is 504 g/mol. The second-order valence-corrected chi connectivity index (χ2v) is 9.97. The first-order valence-corrected chi connectivity index (χ1v) is 13.1. The number of hydrogen-bond acceptors (Lipinski definition) is 8. The molecule has 2 heterocycles. The fourth-order valence-electron chi connectivity index (χ4n) is 3.82. The molecular formula is C22H25N5O5S2. The summed E-state index contributed by atoms with van der Waals surface area (Å²) in [5, 5.41) is 0. The standard InChI is InChI=1S/C22H25N5O5S2/c1-2-32-22(29)27-13-11-26(12-14-27)21(28)18(15-16-7-4-3-5-8-16)25-34(30,31)19-10-6-9-17-20(19)24-33-23-17/h3-10,18,25H,2,11-15H2,1H3/t18-/m0/s1. The van der Waals surface area contributed by atoms with E-state index < -0.39 is 22.2 Å². The molecular weight excluding hydrogens is 478 g/mol. The Morgan fingerprint density at radius 2 is 1.74 bits per heavy atom. The van der Waals surface area contributed by atoms with Gasteiger partial charge in [-0.1, -0.05) is 36.4 Å². The van der Waals surface area contributed by atoms with Crippen LogP contribution in [0.3, 0.4) is 0 Å². The number of piperazine rings is 1. The molecule has 0 bridgehead atoms. The fraction of sp³-hybridized carbons (Fsp3) is 0.364. The van der Waals surface area contributed by atoms with E-state index in [2.05, 4.69) is 13.5 Å². The van der Waals surface area contributed by atoms with Crippen LogP contribution in [0.25, 0.3) is 11.0 Å². The molecule has 0 unspecified atom stereocenters. The molecule has 0 saturated carbocycles. The maximum absolute atomic E-state index is 13.5. The van der Waals surface area contributed by atoms with Gasteiger partial charge in [-0.25, -0.2) is 13.2 Å². The third-order valence-corrected chi connectivity index (χ3v) is 7.58. The molecule has 10 nitrogen and oxygen atoms in total. The Hall–Kier alpha value is -3.09. The predicted octanol–water partition coefficient (Wildman–Crippen LogP) is 1.88. The molecule has 2 amide bonds. The normalized spacial score (nSPS) is 15.3. The number of benzene rings is 2. The Morgan fingerprint density at radius 1 is 1.03 bits per heavy atom. The van der Waals surface area contributed by atoms with Crippen LogP contribution in [0.15, 0.2) is 53.4 Å². The maximum atomic E-state index is 13.5. The molecule has 1 saturated heterocycles. The number of nitrogens with one attached hydrogen (secondary N) is 1. The van der Waals surface area contributed by atoms with E-state index >= 15 is 0 Å². The second kappa shape index (κ2) is 10.5. The zero-order chi connectivity index (χ0) is 24.1. The maximum Gasteiger partial charge on any atom is 0.409 e. The van der Waals surface area contributed by atoms with Crippen molar-refractivity contribution in [1.29, 1.82) is 0 Å². The zero-order valence-corrected chi connectivity index (χ0v) is 20.2. The van der Waals surface area contributed by atoms with Crippen molar-refractivity contribution in [2.45, 2.75) is 24.3 Å². The smallest absolute Gasteiger partial charge is 0.409 e. The molecule has 1 aliphatic heterocycles. The van der Waals surface area contributed by atoms with Crippen molar-refractivity contribution in [1.82, 2.24) is 23.3 Å². The highest BCUT2D eigenvalue weighted by Crippen LogP contribution is 2.22. The number of amides is 2. The van der Waals surface area contributed by atoms with Crippen molar-refractivity contribution < 1.29 is 22.7 Å². The molecule has 0 aliphatic carbocycles. The van der Waals surface area contributed by atoms with Gasteiger partial charge in [-0.3, -0.25) is 4.79 Å². The lowest BCUT2D eigenvalue weighted by Crippen LogP contribution is -2.56. The summed E-state index contributed by atoms with van der Waals surface area (Å²) >= 11 is 0.930. The number of nitrogens with zero attached hydrogens (tertiary/aromatic N) is 4. The second-order valence-electron chi connectivity index (χ2n) is 7.76. The molecule has 3 aromatic rings. The van der Waals surface area contributed by atoms with Gasteiger partial charge in [0.05, 0.1) is 18.3 Å². The Balaban J connectivity index is 1.55. The van der Waals surface area contributed by atoms with Gasteiger partial charge < -0.3 is 14.5 Å². The number of carbonyl (C=O) groups is 2. The third kappa shape index (κ3) is 5.34. The van der Waals surface area contributed by atoms with E-state index in [0.29, 0.717) is 18.6 Å². The first-order chi connectivity index (χ1) is 16.4. The number of sulfonamides is 1. The first kappa shape index (κ1) is 24.0. The van der Waals surface area contributed by atoms with Gasteiger partial charge >= 0.3 is 6.09 Å². The van der Waals surface area contributed by atoms with E-state index in [1.54, 1.807) is 28.9 Å². The van der Waals surface area contributed by atoms with Gasteiger partial charge in [0, 0.05) is 26.2 Å². The number of ether oxygens (including phenoxy) is 1. The van der Waals surface area contributed by atoms with Gasteiger partial charge in [-0.15, -0.1) is 0 Å². The summed E-state index contributed by atoms with van der Waals surface area (Å²) in [6.07, 6.45) is -0.233. The quantitative estimate of drug-likeness (QED) is 0.522. The molecule has 34 heavy (non-hydrogen) atoms. The number of aromatic nitrogens is 2. The van der Waals surface area contributed by atoms with E-state index in [0.717, 1.165) is 17.3 Å². The Kier molecular flexibility index (Phi) is 7.39. The number of rotatable bonds is 7. The number of fused-ring (bicyclic) bond motifs is 1. The molecule has 1 atom stereocenters. The highest BCUT2D eigenvalue weighted by atomic mass is 32.2. The first-order valence-electron chi connectivity index (χ1n) is 10.9. The van der Waals surface area contributed by atoms with Gasteiger partial charge in [0.2, 0.25) is 15.9 Å². The topological polar surface area (TPSA) is 122 Å². The summed E-state index contributed by atoms with van der Waals surface area (Å²) in [5.74, 6) is -0.348. The minimum absolute atomic E-state index is 0.0169. The van der Waals surface area contributed by atoms with Crippen LogP contribution in [0, 0.1) is 0 Å². The molecule has 0 spiro atoms. The predicted molar refractivity (Wildman–Crippen MR) is 127 cm³/mol. The van der Waals surface area contributed by atoms with Crippen molar-refractivity contribution in [2.75, 3.05) is 32.8 Å². The summed E-state index contributed by atoms with van der Waals surface area (Å²) in [6, 6.07) is 12.9. The summed E-state index contributed by atoms with van der Waals surface area (Å²) in [6.45, 7) is 3.23. The minimum Gasteiger partial charge on any atom is -0.450 e. The number of hydrogen-bond donors (Lipinski definition) is 1. The Morgan fingerprint density at radius 3 is 2.44 bits per heavy atom. The van der Waals surface area contributed by atoms with Crippen molar-refractivity contribution in [3.63, 3.8) is 0 Å². The van der Waals surface area contributed by atoms with Gasteiger partial charge in [-0.05, 0) is 31.0 Å². The molecule has 1 fully saturated rings. The van der Waals surface area contributed by atoms with Crippen LogP contribution in [0.4, 0.5) is 4.79 Å². The van der Waals surface area contributed by atoms with Crippen LogP contribution in [0.1, 0.15) is 12.5 Å². The number of carbonyl (C=O) groups excluding carboxylic acids is 2.